The van der Waals surface area contributed by atoms with Crippen molar-refractivity contribution in [3.8, 4) is 0 Å². The summed E-state index contributed by atoms with van der Waals surface area (Å²) in [7, 11) is 0. The van der Waals surface area contributed by atoms with E-state index in [-0.39, 0.29) is 23.7 Å². The number of piperidine rings is 1. The first-order valence-electron chi connectivity index (χ1n) is 6.24. The Balaban J connectivity index is 0.00000133. The highest BCUT2D eigenvalue weighted by Crippen LogP contribution is 2.36. The van der Waals surface area contributed by atoms with Crippen LogP contribution in [0.3, 0.4) is 0 Å². The average Bonchev–Trinajstić information content (AvgIpc) is 2.84. The molecule has 0 amide bonds. The van der Waals surface area contributed by atoms with Crippen molar-refractivity contribution in [1.29, 1.82) is 0 Å². The molecule has 1 aliphatic heterocycles. The minimum Gasteiger partial charge on any atom is -0.464 e. The minimum absolute atomic E-state index is 0. The molecule has 0 spiro atoms. The number of benzene rings is 1. The Labute approximate surface area is 116 Å². The van der Waals surface area contributed by atoms with E-state index in [1.807, 2.05) is 0 Å². The summed E-state index contributed by atoms with van der Waals surface area (Å²) in [5.74, 6) is -0.999. The molecular formula is C14H16ClF2NO. The second kappa shape index (κ2) is 5.47. The fourth-order valence-corrected chi connectivity index (χ4v) is 2.85. The number of halogens is 3. The van der Waals surface area contributed by atoms with Crippen molar-refractivity contribution < 1.29 is 13.2 Å². The Hall–Kier alpha value is -1.13. The van der Waals surface area contributed by atoms with Gasteiger partial charge in [0.25, 0.3) is 0 Å². The Bertz CT molecular complexity index is 584. The molecule has 1 saturated heterocycles. The monoisotopic (exact) mass is 287 g/mol. The number of nitrogens with one attached hydrogen (secondary N) is 1. The van der Waals surface area contributed by atoms with Crippen LogP contribution in [0.25, 0.3) is 11.0 Å². The second-order valence-electron chi connectivity index (χ2n) is 5.00. The molecule has 1 aliphatic rings. The smallest absolute Gasteiger partial charge is 0.169 e. The van der Waals surface area contributed by atoms with Crippen LogP contribution in [0.2, 0.25) is 0 Å². The fraction of sp³-hybridized carbons (Fsp3) is 0.429. The number of fused-ring (bicyclic) bond motifs is 1. The summed E-state index contributed by atoms with van der Waals surface area (Å²) in [6.45, 7) is 3.91. The maximum absolute atomic E-state index is 13.6. The van der Waals surface area contributed by atoms with Crippen LogP contribution in [-0.2, 0) is 0 Å². The number of hydrogen-bond acceptors (Lipinski definition) is 2. The topological polar surface area (TPSA) is 25.2 Å². The van der Waals surface area contributed by atoms with Crippen molar-refractivity contribution in [1.82, 2.24) is 5.32 Å². The molecule has 5 heteroatoms. The highest BCUT2D eigenvalue weighted by Gasteiger charge is 2.27. The van der Waals surface area contributed by atoms with E-state index in [0.29, 0.717) is 11.5 Å². The largest absolute Gasteiger partial charge is 0.464 e. The highest BCUT2D eigenvalue weighted by atomic mass is 35.5. The van der Waals surface area contributed by atoms with Crippen molar-refractivity contribution in [2.45, 2.75) is 19.3 Å². The van der Waals surface area contributed by atoms with Gasteiger partial charge in [-0.2, -0.15) is 0 Å². The van der Waals surface area contributed by atoms with Crippen LogP contribution in [0.4, 0.5) is 8.78 Å². The van der Waals surface area contributed by atoms with Gasteiger partial charge in [-0.05, 0) is 43.5 Å². The first-order chi connectivity index (χ1) is 8.68. The van der Waals surface area contributed by atoms with Gasteiger partial charge in [-0.25, -0.2) is 8.78 Å². The molecule has 0 radical (unpaired) electrons. The van der Waals surface area contributed by atoms with E-state index in [1.54, 1.807) is 0 Å². The van der Waals surface area contributed by atoms with Gasteiger partial charge >= 0.3 is 0 Å². The number of rotatable bonds is 1. The Morgan fingerprint density at radius 2 is 2.16 bits per heavy atom. The van der Waals surface area contributed by atoms with Crippen molar-refractivity contribution in [3.63, 3.8) is 0 Å². The number of furan rings is 1. The van der Waals surface area contributed by atoms with Crippen LogP contribution >= 0.6 is 12.4 Å². The van der Waals surface area contributed by atoms with E-state index in [2.05, 4.69) is 12.2 Å². The zero-order valence-corrected chi connectivity index (χ0v) is 11.4. The molecule has 0 aliphatic carbocycles. The molecule has 2 aromatic rings. The lowest BCUT2D eigenvalue weighted by molar-refractivity contribution is 0.347. The van der Waals surface area contributed by atoms with Crippen molar-refractivity contribution in [2.75, 3.05) is 13.1 Å². The molecule has 3 rings (SSSR count). The lowest BCUT2D eigenvalue weighted by atomic mass is 9.81. The Kier molecular flexibility index (Phi) is 4.11. The van der Waals surface area contributed by atoms with Gasteiger partial charge in [0, 0.05) is 5.56 Å². The molecule has 0 bridgehead atoms. The van der Waals surface area contributed by atoms with Crippen LogP contribution in [-0.4, -0.2) is 13.1 Å². The molecule has 0 unspecified atom stereocenters. The van der Waals surface area contributed by atoms with E-state index in [4.69, 9.17) is 4.42 Å². The van der Waals surface area contributed by atoms with Gasteiger partial charge in [0.15, 0.2) is 11.6 Å². The average molecular weight is 288 g/mol. The zero-order valence-electron chi connectivity index (χ0n) is 10.6. The van der Waals surface area contributed by atoms with E-state index in [9.17, 15) is 8.78 Å². The summed E-state index contributed by atoms with van der Waals surface area (Å²) in [5, 5.41) is 3.55. The van der Waals surface area contributed by atoms with Gasteiger partial charge in [0.05, 0.1) is 11.6 Å². The van der Waals surface area contributed by atoms with Gasteiger partial charge in [0.2, 0.25) is 0 Å². The SMILES string of the molecule is C[C@@H]1CNCC[C@H]1c1cc(F)c(F)c2ccoc12.Cl. The normalized spacial score (nSPS) is 23.3. The first-order valence-corrected chi connectivity index (χ1v) is 6.24. The quantitative estimate of drug-likeness (QED) is 0.862. The Morgan fingerprint density at radius 3 is 2.89 bits per heavy atom. The minimum atomic E-state index is -0.816. The molecule has 1 aromatic carbocycles. The second-order valence-corrected chi connectivity index (χ2v) is 5.00. The van der Waals surface area contributed by atoms with Crippen molar-refractivity contribution in [3.05, 3.63) is 35.6 Å². The van der Waals surface area contributed by atoms with Gasteiger partial charge in [-0.1, -0.05) is 6.92 Å². The highest BCUT2D eigenvalue weighted by molar-refractivity contribution is 5.85. The molecular weight excluding hydrogens is 272 g/mol. The molecule has 104 valence electrons. The fourth-order valence-electron chi connectivity index (χ4n) is 2.85. The third kappa shape index (κ3) is 2.35. The zero-order chi connectivity index (χ0) is 12.7. The standard InChI is InChI=1S/C14H15F2NO.ClH/c1-8-7-17-4-2-9(8)11-6-12(15)13(16)10-3-5-18-14(10)11;/h3,5-6,8-9,17H,2,4,7H2,1H3;1H/t8-,9-;/m1./s1. The summed E-state index contributed by atoms with van der Waals surface area (Å²) in [4.78, 5) is 0. The van der Waals surface area contributed by atoms with E-state index >= 15 is 0 Å². The molecule has 1 fully saturated rings. The van der Waals surface area contributed by atoms with E-state index < -0.39 is 11.6 Å². The Morgan fingerprint density at radius 1 is 1.37 bits per heavy atom. The molecule has 2 nitrogen and oxygen atoms in total. The molecule has 2 heterocycles. The summed E-state index contributed by atoms with van der Waals surface area (Å²) in [5.41, 5.74) is 1.29. The van der Waals surface area contributed by atoms with Gasteiger partial charge in [-0.15, -0.1) is 12.4 Å². The predicted molar refractivity (Wildman–Crippen MR) is 72.8 cm³/mol. The first kappa shape index (κ1) is 14.3. The molecule has 0 saturated carbocycles. The molecule has 19 heavy (non-hydrogen) atoms. The van der Waals surface area contributed by atoms with E-state index in [0.717, 1.165) is 25.1 Å². The van der Waals surface area contributed by atoms with Crippen LogP contribution < -0.4 is 5.32 Å². The maximum Gasteiger partial charge on any atom is 0.169 e. The summed E-state index contributed by atoms with van der Waals surface area (Å²) < 4.78 is 32.6. The van der Waals surface area contributed by atoms with Crippen LogP contribution in [0.15, 0.2) is 22.8 Å². The van der Waals surface area contributed by atoms with Crippen molar-refractivity contribution in [2.24, 2.45) is 5.92 Å². The van der Waals surface area contributed by atoms with Gasteiger partial charge in [0.1, 0.15) is 5.58 Å². The van der Waals surface area contributed by atoms with Crippen LogP contribution in [0.1, 0.15) is 24.8 Å². The molecule has 2 atom stereocenters. The third-order valence-corrected chi connectivity index (χ3v) is 3.84. The third-order valence-electron chi connectivity index (χ3n) is 3.84. The summed E-state index contributed by atoms with van der Waals surface area (Å²) in [6, 6.07) is 2.79. The van der Waals surface area contributed by atoms with Crippen LogP contribution in [0, 0.1) is 17.6 Å². The molecule has 1 N–H and O–H groups in total. The number of hydrogen-bond donors (Lipinski definition) is 1. The molecule has 1 aromatic heterocycles. The lowest BCUT2D eigenvalue weighted by Crippen LogP contribution is -2.33. The summed E-state index contributed by atoms with van der Waals surface area (Å²) in [6.07, 6.45) is 2.34. The van der Waals surface area contributed by atoms with Crippen molar-refractivity contribution >= 4 is 23.4 Å². The maximum atomic E-state index is 13.6. The predicted octanol–water partition coefficient (Wildman–Crippen LogP) is 3.85. The van der Waals surface area contributed by atoms with E-state index in [1.165, 1.54) is 18.4 Å². The summed E-state index contributed by atoms with van der Waals surface area (Å²) >= 11 is 0. The van der Waals surface area contributed by atoms with Gasteiger partial charge < -0.3 is 9.73 Å². The van der Waals surface area contributed by atoms with Crippen LogP contribution in [0.5, 0.6) is 0 Å². The van der Waals surface area contributed by atoms with Gasteiger partial charge in [-0.3, -0.25) is 0 Å². The lowest BCUT2D eigenvalue weighted by Gasteiger charge is -2.29.